The van der Waals surface area contributed by atoms with E-state index in [9.17, 15) is 4.79 Å². The molecule has 1 aromatic carbocycles. The minimum absolute atomic E-state index is 0.0167. The fraction of sp³-hybridized carbons (Fsp3) is 0.562. The SMILES string of the molecule is CN(C)C(C(=O)NCC1(C)COC1)c1ccc2c(c1)OCO2. The Morgan fingerprint density at radius 3 is 2.68 bits per heavy atom. The van der Waals surface area contributed by atoms with Crippen molar-refractivity contribution in [2.75, 3.05) is 40.6 Å². The van der Waals surface area contributed by atoms with Gasteiger partial charge in [0.15, 0.2) is 11.5 Å². The summed E-state index contributed by atoms with van der Waals surface area (Å²) in [7, 11) is 3.78. The molecule has 0 saturated carbocycles. The molecule has 1 unspecified atom stereocenters. The van der Waals surface area contributed by atoms with Crippen molar-refractivity contribution in [1.29, 1.82) is 0 Å². The van der Waals surface area contributed by atoms with Gasteiger partial charge in [0, 0.05) is 12.0 Å². The standard InChI is InChI=1S/C16H22N2O4/c1-16(8-20-9-16)7-17-15(19)14(18(2)3)11-4-5-12-13(6-11)22-10-21-12/h4-6,14H,7-10H2,1-3H3,(H,17,19). The van der Waals surface area contributed by atoms with Crippen LogP contribution in [0.5, 0.6) is 11.5 Å². The number of amides is 1. The molecule has 0 bridgehead atoms. The molecule has 1 aromatic rings. The van der Waals surface area contributed by atoms with Gasteiger partial charge in [-0.25, -0.2) is 0 Å². The molecule has 2 aliphatic rings. The third kappa shape index (κ3) is 2.89. The van der Waals surface area contributed by atoms with Gasteiger partial charge in [-0.3, -0.25) is 9.69 Å². The lowest BCUT2D eigenvalue weighted by Crippen LogP contribution is -2.50. The van der Waals surface area contributed by atoms with Crippen LogP contribution in [-0.4, -0.2) is 51.5 Å². The van der Waals surface area contributed by atoms with Crippen LogP contribution in [0.1, 0.15) is 18.5 Å². The van der Waals surface area contributed by atoms with Crippen molar-refractivity contribution >= 4 is 5.91 Å². The smallest absolute Gasteiger partial charge is 0.241 e. The topological polar surface area (TPSA) is 60.0 Å². The largest absolute Gasteiger partial charge is 0.454 e. The number of carbonyl (C=O) groups excluding carboxylic acids is 1. The van der Waals surface area contributed by atoms with Gasteiger partial charge in [-0.1, -0.05) is 13.0 Å². The van der Waals surface area contributed by atoms with E-state index in [2.05, 4.69) is 12.2 Å². The zero-order valence-corrected chi connectivity index (χ0v) is 13.2. The van der Waals surface area contributed by atoms with E-state index in [0.717, 1.165) is 11.3 Å². The highest BCUT2D eigenvalue weighted by Crippen LogP contribution is 2.35. The predicted octanol–water partition coefficient (Wildman–Crippen LogP) is 1.17. The quantitative estimate of drug-likeness (QED) is 0.885. The minimum Gasteiger partial charge on any atom is -0.454 e. The summed E-state index contributed by atoms with van der Waals surface area (Å²) < 4.78 is 15.9. The molecule has 1 fully saturated rings. The molecule has 3 rings (SSSR count). The van der Waals surface area contributed by atoms with Gasteiger partial charge >= 0.3 is 0 Å². The van der Waals surface area contributed by atoms with E-state index in [-0.39, 0.29) is 24.2 Å². The number of nitrogens with one attached hydrogen (secondary N) is 1. The molecule has 22 heavy (non-hydrogen) atoms. The Hall–Kier alpha value is -1.79. The first-order valence-electron chi connectivity index (χ1n) is 7.40. The van der Waals surface area contributed by atoms with Crippen LogP contribution in [0.2, 0.25) is 0 Å². The van der Waals surface area contributed by atoms with Crippen LogP contribution in [0.25, 0.3) is 0 Å². The first kappa shape index (κ1) is 15.1. The highest BCUT2D eigenvalue weighted by molar-refractivity contribution is 5.83. The molecule has 2 heterocycles. The van der Waals surface area contributed by atoms with Crippen LogP contribution in [0, 0.1) is 5.41 Å². The van der Waals surface area contributed by atoms with E-state index in [1.54, 1.807) is 0 Å². The summed E-state index contributed by atoms with van der Waals surface area (Å²) in [5.74, 6) is 1.40. The molecule has 1 N–H and O–H groups in total. The first-order chi connectivity index (χ1) is 10.5. The molecule has 1 atom stereocenters. The summed E-state index contributed by atoms with van der Waals surface area (Å²) in [6.07, 6.45) is 0. The molecular formula is C16H22N2O4. The van der Waals surface area contributed by atoms with E-state index >= 15 is 0 Å². The molecular weight excluding hydrogens is 284 g/mol. The molecule has 0 aliphatic carbocycles. The number of fused-ring (bicyclic) bond motifs is 1. The van der Waals surface area contributed by atoms with Crippen molar-refractivity contribution in [2.45, 2.75) is 13.0 Å². The van der Waals surface area contributed by atoms with Crippen LogP contribution < -0.4 is 14.8 Å². The van der Waals surface area contributed by atoms with E-state index in [0.29, 0.717) is 25.5 Å². The van der Waals surface area contributed by atoms with Crippen LogP contribution in [-0.2, 0) is 9.53 Å². The zero-order valence-electron chi connectivity index (χ0n) is 13.2. The van der Waals surface area contributed by atoms with Crippen molar-refractivity contribution < 1.29 is 19.0 Å². The number of likely N-dealkylation sites (N-methyl/N-ethyl adjacent to an activating group) is 1. The van der Waals surface area contributed by atoms with Gasteiger partial charge in [-0.2, -0.15) is 0 Å². The van der Waals surface area contributed by atoms with Gasteiger partial charge in [0.05, 0.1) is 13.2 Å². The Labute approximate surface area is 130 Å². The molecule has 120 valence electrons. The lowest BCUT2D eigenvalue weighted by Gasteiger charge is -2.38. The fourth-order valence-electron chi connectivity index (χ4n) is 2.72. The molecule has 0 aromatic heterocycles. The Morgan fingerprint density at radius 2 is 2.05 bits per heavy atom. The number of rotatable bonds is 5. The summed E-state index contributed by atoms with van der Waals surface area (Å²) in [6, 6.07) is 5.27. The molecule has 1 saturated heterocycles. The van der Waals surface area contributed by atoms with Crippen molar-refractivity contribution in [2.24, 2.45) is 5.41 Å². The van der Waals surface area contributed by atoms with E-state index in [4.69, 9.17) is 14.2 Å². The molecule has 6 heteroatoms. The maximum absolute atomic E-state index is 12.6. The zero-order chi connectivity index (χ0) is 15.7. The van der Waals surface area contributed by atoms with Crippen LogP contribution in [0.15, 0.2) is 18.2 Å². The predicted molar refractivity (Wildman–Crippen MR) is 80.9 cm³/mol. The van der Waals surface area contributed by atoms with Gasteiger partial charge in [0.25, 0.3) is 0 Å². The molecule has 0 radical (unpaired) electrons. The number of nitrogens with zero attached hydrogens (tertiary/aromatic N) is 1. The lowest BCUT2D eigenvalue weighted by molar-refractivity contribution is -0.131. The summed E-state index contributed by atoms with van der Waals surface area (Å²) in [4.78, 5) is 14.5. The van der Waals surface area contributed by atoms with Gasteiger partial charge in [-0.15, -0.1) is 0 Å². The third-order valence-corrected chi connectivity index (χ3v) is 4.07. The van der Waals surface area contributed by atoms with Crippen molar-refractivity contribution in [3.05, 3.63) is 23.8 Å². The lowest BCUT2D eigenvalue weighted by atomic mass is 9.88. The summed E-state index contributed by atoms with van der Waals surface area (Å²) in [5, 5.41) is 3.04. The van der Waals surface area contributed by atoms with E-state index < -0.39 is 0 Å². The highest BCUT2D eigenvalue weighted by atomic mass is 16.7. The second kappa shape index (κ2) is 5.78. The van der Waals surface area contributed by atoms with E-state index in [1.165, 1.54) is 0 Å². The van der Waals surface area contributed by atoms with Crippen molar-refractivity contribution in [3.63, 3.8) is 0 Å². The minimum atomic E-state index is -0.362. The Kier molecular flexibility index (Phi) is 3.97. The Balaban J connectivity index is 1.73. The Bertz CT molecular complexity index is 569. The van der Waals surface area contributed by atoms with Gasteiger partial charge < -0.3 is 19.5 Å². The molecule has 6 nitrogen and oxygen atoms in total. The number of carbonyl (C=O) groups is 1. The normalized spacial score (nSPS) is 19.6. The molecule has 2 aliphatic heterocycles. The van der Waals surface area contributed by atoms with Gasteiger partial charge in [0.1, 0.15) is 6.04 Å². The maximum atomic E-state index is 12.6. The van der Waals surface area contributed by atoms with Crippen LogP contribution in [0.4, 0.5) is 0 Å². The number of ether oxygens (including phenoxy) is 3. The van der Waals surface area contributed by atoms with Crippen LogP contribution in [0.3, 0.4) is 0 Å². The number of hydrogen-bond acceptors (Lipinski definition) is 5. The average Bonchev–Trinajstić information content (AvgIpc) is 2.90. The molecule has 0 spiro atoms. The monoisotopic (exact) mass is 306 g/mol. The average molecular weight is 306 g/mol. The first-order valence-corrected chi connectivity index (χ1v) is 7.40. The van der Waals surface area contributed by atoms with Gasteiger partial charge in [-0.05, 0) is 31.8 Å². The third-order valence-electron chi connectivity index (χ3n) is 4.07. The summed E-state index contributed by atoms with van der Waals surface area (Å²) in [5.41, 5.74) is 0.947. The second-order valence-electron chi connectivity index (χ2n) is 6.50. The summed E-state index contributed by atoms with van der Waals surface area (Å²) in [6.45, 7) is 4.37. The van der Waals surface area contributed by atoms with E-state index in [1.807, 2.05) is 37.2 Å². The van der Waals surface area contributed by atoms with Gasteiger partial charge in [0.2, 0.25) is 12.7 Å². The highest BCUT2D eigenvalue weighted by Gasteiger charge is 2.35. The van der Waals surface area contributed by atoms with Crippen molar-refractivity contribution in [3.8, 4) is 11.5 Å². The molecule has 1 amide bonds. The second-order valence-corrected chi connectivity index (χ2v) is 6.50. The summed E-state index contributed by atoms with van der Waals surface area (Å²) >= 11 is 0. The number of benzene rings is 1. The van der Waals surface area contributed by atoms with Crippen LogP contribution >= 0.6 is 0 Å². The van der Waals surface area contributed by atoms with Crippen molar-refractivity contribution in [1.82, 2.24) is 10.2 Å². The number of hydrogen-bond donors (Lipinski definition) is 1. The maximum Gasteiger partial charge on any atom is 0.241 e. The fourth-order valence-corrected chi connectivity index (χ4v) is 2.72. The Morgan fingerprint density at radius 1 is 1.32 bits per heavy atom.